The number of benzene rings is 1. The average molecular weight is 299 g/mol. The molecule has 0 aliphatic heterocycles. The summed E-state index contributed by atoms with van der Waals surface area (Å²) in [5.74, 6) is 1.12. The number of thioether (sulfide) groups is 1. The second kappa shape index (κ2) is 5.97. The standard InChI is InChI=1S/C15H13N3O2S/c1-10-2-4-11(5-3-10)9-21-15-18-17-14(20-15)12-6-7-16-13(19)8-12/h2-8H,9H2,1H3,(H,16,19). The summed E-state index contributed by atoms with van der Waals surface area (Å²) in [5, 5.41) is 8.44. The van der Waals surface area contributed by atoms with Crippen molar-refractivity contribution in [1.29, 1.82) is 0 Å². The van der Waals surface area contributed by atoms with Gasteiger partial charge in [-0.05, 0) is 18.6 Å². The predicted molar refractivity (Wildman–Crippen MR) is 81.1 cm³/mol. The van der Waals surface area contributed by atoms with E-state index >= 15 is 0 Å². The molecular formula is C15H13N3O2S. The minimum absolute atomic E-state index is 0.195. The van der Waals surface area contributed by atoms with E-state index in [4.69, 9.17) is 4.42 Å². The van der Waals surface area contributed by atoms with Gasteiger partial charge in [-0.15, -0.1) is 10.2 Å². The molecule has 3 rings (SSSR count). The van der Waals surface area contributed by atoms with Gasteiger partial charge >= 0.3 is 0 Å². The van der Waals surface area contributed by atoms with Crippen LogP contribution in [-0.2, 0) is 5.75 Å². The summed E-state index contributed by atoms with van der Waals surface area (Å²) < 4.78 is 5.56. The minimum atomic E-state index is -0.195. The van der Waals surface area contributed by atoms with E-state index in [9.17, 15) is 4.79 Å². The van der Waals surface area contributed by atoms with E-state index in [0.717, 1.165) is 5.75 Å². The van der Waals surface area contributed by atoms with E-state index in [1.54, 1.807) is 12.3 Å². The third kappa shape index (κ3) is 3.41. The molecule has 0 fully saturated rings. The van der Waals surface area contributed by atoms with Crippen molar-refractivity contribution in [3.63, 3.8) is 0 Å². The molecule has 2 heterocycles. The van der Waals surface area contributed by atoms with E-state index < -0.39 is 0 Å². The summed E-state index contributed by atoms with van der Waals surface area (Å²) in [7, 11) is 0. The molecule has 0 bridgehead atoms. The Morgan fingerprint density at radius 2 is 2.00 bits per heavy atom. The van der Waals surface area contributed by atoms with E-state index in [1.165, 1.54) is 29.0 Å². The molecule has 1 aromatic carbocycles. The van der Waals surface area contributed by atoms with Crippen molar-refractivity contribution in [3.8, 4) is 11.5 Å². The van der Waals surface area contributed by atoms with E-state index in [2.05, 4.69) is 46.4 Å². The molecule has 21 heavy (non-hydrogen) atoms. The summed E-state index contributed by atoms with van der Waals surface area (Å²) in [6.45, 7) is 2.06. The molecular weight excluding hydrogens is 286 g/mol. The van der Waals surface area contributed by atoms with Gasteiger partial charge in [-0.25, -0.2) is 0 Å². The van der Waals surface area contributed by atoms with Crippen LogP contribution in [0.5, 0.6) is 0 Å². The number of nitrogens with one attached hydrogen (secondary N) is 1. The van der Waals surface area contributed by atoms with Crippen molar-refractivity contribution in [2.45, 2.75) is 17.9 Å². The molecule has 6 heteroatoms. The number of aromatic amines is 1. The highest BCUT2D eigenvalue weighted by atomic mass is 32.2. The van der Waals surface area contributed by atoms with Crippen LogP contribution in [0.1, 0.15) is 11.1 Å². The van der Waals surface area contributed by atoms with Gasteiger partial charge in [0, 0.05) is 23.6 Å². The van der Waals surface area contributed by atoms with Gasteiger partial charge in [-0.2, -0.15) is 0 Å². The van der Waals surface area contributed by atoms with Gasteiger partial charge in [0.1, 0.15) is 0 Å². The number of hydrogen-bond acceptors (Lipinski definition) is 5. The molecule has 0 spiro atoms. The lowest BCUT2D eigenvalue weighted by Crippen LogP contribution is -2.01. The van der Waals surface area contributed by atoms with Gasteiger partial charge < -0.3 is 9.40 Å². The molecule has 106 valence electrons. The molecule has 0 saturated carbocycles. The molecule has 0 saturated heterocycles. The summed E-state index contributed by atoms with van der Waals surface area (Å²) >= 11 is 1.47. The fraction of sp³-hybridized carbons (Fsp3) is 0.133. The van der Waals surface area contributed by atoms with Gasteiger partial charge in [0.15, 0.2) is 0 Å². The second-order valence-corrected chi connectivity index (χ2v) is 5.52. The summed E-state index contributed by atoms with van der Waals surface area (Å²) in [6, 6.07) is 11.5. The van der Waals surface area contributed by atoms with Crippen LogP contribution < -0.4 is 5.56 Å². The maximum Gasteiger partial charge on any atom is 0.277 e. The van der Waals surface area contributed by atoms with Crippen molar-refractivity contribution in [2.75, 3.05) is 0 Å². The Bertz CT molecular complexity index is 793. The van der Waals surface area contributed by atoms with Gasteiger partial charge in [0.2, 0.25) is 11.4 Å². The highest BCUT2D eigenvalue weighted by Crippen LogP contribution is 2.25. The number of pyridine rings is 1. The quantitative estimate of drug-likeness (QED) is 0.750. The highest BCUT2D eigenvalue weighted by Gasteiger charge is 2.09. The highest BCUT2D eigenvalue weighted by molar-refractivity contribution is 7.98. The Balaban J connectivity index is 1.70. The third-order valence-corrected chi connectivity index (χ3v) is 3.80. The van der Waals surface area contributed by atoms with Crippen molar-refractivity contribution in [2.24, 2.45) is 0 Å². The van der Waals surface area contributed by atoms with Crippen LogP contribution >= 0.6 is 11.8 Å². The van der Waals surface area contributed by atoms with Crippen LogP contribution in [0, 0.1) is 6.92 Å². The van der Waals surface area contributed by atoms with Gasteiger partial charge in [0.05, 0.1) is 0 Å². The Hall–Kier alpha value is -2.34. The number of aromatic nitrogens is 3. The van der Waals surface area contributed by atoms with Crippen molar-refractivity contribution in [3.05, 3.63) is 64.1 Å². The molecule has 3 aromatic rings. The van der Waals surface area contributed by atoms with Gasteiger partial charge in [-0.3, -0.25) is 4.79 Å². The third-order valence-electron chi connectivity index (χ3n) is 2.91. The first-order valence-corrected chi connectivity index (χ1v) is 7.40. The van der Waals surface area contributed by atoms with Crippen LogP contribution in [-0.4, -0.2) is 15.2 Å². The number of nitrogens with zero attached hydrogens (tertiary/aromatic N) is 2. The summed E-state index contributed by atoms with van der Waals surface area (Å²) in [5.41, 5.74) is 2.85. The molecule has 0 amide bonds. The lowest BCUT2D eigenvalue weighted by molar-refractivity contribution is 0.465. The number of hydrogen-bond donors (Lipinski definition) is 1. The van der Waals surface area contributed by atoms with Gasteiger partial charge in [0.25, 0.3) is 5.22 Å². The maximum absolute atomic E-state index is 11.3. The van der Waals surface area contributed by atoms with Crippen LogP contribution in [0.15, 0.2) is 57.0 Å². The first-order chi connectivity index (χ1) is 10.2. The van der Waals surface area contributed by atoms with Crippen LogP contribution in [0.2, 0.25) is 0 Å². The van der Waals surface area contributed by atoms with E-state index in [1.807, 2.05) is 0 Å². The molecule has 0 radical (unpaired) electrons. The fourth-order valence-electron chi connectivity index (χ4n) is 1.79. The Morgan fingerprint density at radius 1 is 1.19 bits per heavy atom. The Kier molecular flexibility index (Phi) is 3.87. The van der Waals surface area contributed by atoms with Crippen molar-refractivity contribution in [1.82, 2.24) is 15.2 Å². The van der Waals surface area contributed by atoms with E-state index in [-0.39, 0.29) is 5.56 Å². The lowest BCUT2D eigenvalue weighted by atomic mass is 10.2. The van der Waals surface area contributed by atoms with Crippen molar-refractivity contribution < 1.29 is 4.42 Å². The molecule has 2 aromatic heterocycles. The minimum Gasteiger partial charge on any atom is -0.411 e. The first-order valence-electron chi connectivity index (χ1n) is 6.42. The Labute approximate surface area is 125 Å². The second-order valence-electron chi connectivity index (χ2n) is 4.59. The number of aryl methyl sites for hydroxylation is 1. The molecule has 0 unspecified atom stereocenters. The summed E-state index contributed by atoms with van der Waals surface area (Å²) in [4.78, 5) is 13.8. The number of rotatable bonds is 4. The first kappa shape index (κ1) is 13.6. The van der Waals surface area contributed by atoms with E-state index in [0.29, 0.717) is 16.7 Å². The summed E-state index contributed by atoms with van der Waals surface area (Å²) in [6.07, 6.45) is 1.56. The monoisotopic (exact) mass is 299 g/mol. The van der Waals surface area contributed by atoms with Crippen LogP contribution in [0.3, 0.4) is 0 Å². The molecule has 5 nitrogen and oxygen atoms in total. The van der Waals surface area contributed by atoms with Crippen LogP contribution in [0.25, 0.3) is 11.5 Å². The zero-order valence-corrected chi connectivity index (χ0v) is 12.2. The molecule has 0 aliphatic carbocycles. The predicted octanol–water partition coefficient (Wildman–Crippen LogP) is 3.03. The normalized spacial score (nSPS) is 10.7. The zero-order chi connectivity index (χ0) is 14.7. The van der Waals surface area contributed by atoms with Gasteiger partial charge in [-0.1, -0.05) is 41.6 Å². The smallest absolute Gasteiger partial charge is 0.277 e. The Morgan fingerprint density at radius 3 is 2.76 bits per heavy atom. The van der Waals surface area contributed by atoms with Crippen LogP contribution in [0.4, 0.5) is 0 Å². The van der Waals surface area contributed by atoms with Crippen molar-refractivity contribution >= 4 is 11.8 Å². The fourth-order valence-corrected chi connectivity index (χ4v) is 2.51. The number of H-pyrrole nitrogens is 1. The molecule has 0 atom stereocenters. The SMILES string of the molecule is Cc1ccc(CSc2nnc(-c3cc[nH]c(=O)c3)o2)cc1. The lowest BCUT2D eigenvalue weighted by Gasteiger charge is -1.98. The largest absolute Gasteiger partial charge is 0.411 e. The molecule has 1 N–H and O–H groups in total. The topological polar surface area (TPSA) is 71.8 Å². The molecule has 0 aliphatic rings. The maximum atomic E-state index is 11.3. The zero-order valence-electron chi connectivity index (χ0n) is 11.4. The average Bonchev–Trinajstić information content (AvgIpc) is 2.96.